The molecule has 0 saturated heterocycles. The molecule has 1 aromatic carbocycles. The summed E-state index contributed by atoms with van der Waals surface area (Å²) in [4.78, 5) is 4.08. The maximum Gasteiger partial charge on any atom is 0.141 e. The Morgan fingerprint density at radius 1 is 1.21 bits per heavy atom. The van der Waals surface area contributed by atoms with Crippen molar-refractivity contribution in [3.63, 3.8) is 0 Å². The SMILES string of the molecule is CC(CCc1ccccc1)Nc1ccnc(NN)c1. The molecule has 0 spiro atoms. The summed E-state index contributed by atoms with van der Waals surface area (Å²) in [5.74, 6) is 6.01. The number of hydrazine groups is 1. The van der Waals surface area contributed by atoms with E-state index in [0.29, 0.717) is 11.9 Å². The van der Waals surface area contributed by atoms with Crippen molar-refractivity contribution in [3.8, 4) is 0 Å². The first-order valence-corrected chi connectivity index (χ1v) is 6.51. The van der Waals surface area contributed by atoms with E-state index in [2.05, 4.69) is 46.9 Å². The van der Waals surface area contributed by atoms with Crippen molar-refractivity contribution in [2.75, 3.05) is 10.7 Å². The summed E-state index contributed by atoms with van der Waals surface area (Å²) in [6.07, 6.45) is 3.89. The minimum atomic E-state index is 0.397. The topological polar surface area (TPSA) is 63.0 Å². The number of nitrogens with zero attached hydrogens (tertiary/aromatic N) is 1. The van der Waals surface area contributed by atoms with Crippen LogP contribution >= 0.6 is 0 Å². The number of anilines is 2. The van der Waals surface area contributed by atoms with Gasteiger partial charge in [0.1, 0.15) is 5.82 Å². The average Bonchev–Trinajstić information content (AvgIpc) is 2.46. The number of hydrogen-bond donors (Lipinski definition) is 3. The van der Waals surface area contributed by atoms with E-state index in [1.807, 2.05) is 18.2 Å². The van der Waals surface area contributed by atoms with Crippen LogP contribution in [-0.2, 0) is 6.42 Å². The number of aryl methyl sites for hydroxylation is 1. The minimum Gasteiger partial charge on any atom is -0.382 e. The third-order valence-corrected chi connectivity index (χ3v) is 3.03. The first kappa shape index (κ1) is 13.4. The summed E-state index contributed by atoms with van der Waals surface area (Å²) >= 11 is 0. The lowest BCUT2D eigenvalue weighted by atomic mass is 10.1. The van der Waals surface area contributed by atoms with Crippen molar-refractivity contribution in [2.24, 2.45) is 5.84 Å². The summed E-state index contributed by atoms with van der Waals surface area (Å²) < 4.78 is 0. The number of benzene rings is 1. The Labute approximate surface area is 114 Å². The van der Waals surface area contributed by atoms with Crippen LogP contribution in [0.5, 0.6) is 0 Å². The molecular formula is C15H20N4. The van der Waals surface area contributed by atoms with Gasteiger partial charge in [0.05, 0.1) is 0 Å². The summed E-state index contributed by atoms with van der Waals surface area (Å²) in [6, 6.07) is 14.8. The fourth-order valence-corrected chi connectivity index (χ4v) is 1.98. The van der Waals surface area contributed by atoms with E-state index < -0.39 is 0 Å². The highest BCUT2D eigenvalue weighted by molar-refractivity contribution is 5.51. The van der Waals surface area contributed by atoms with E-state index in [-0.39, 0.29) is 0 Å². The van der Waals surface area contributed by atoms with Gasteiger partial charge in [0, 0.05) is 24.0 Å². The zero-order valence-electron chi connectivity index (χ0n) is 11.1. The first-order chi connectivity index (χ1) is 9.28. The maximum atomic E-state index is 5.34. The Kier molecular flexibility index (Phi) is 4.75. The second-order valence-corrected chi connectivity index (χ2v) is 4.64. The lowest BCUT2D eigenvalue weighted by Crippen LogP contribution is -2.16. The second kappa shape index (κ2) is 6.75. The molecule has 1 aromatic heterocycles. The molecule has 4 N–H and O–H groups in total. The summed E-state index contributed by atoms with van der Waals surface area (Å²) in [7, 11) is 0. The van der Waals surface area contributed by atoms with Crippen molar-refractivity contribution >= 4 is 11.5 Å². The molecule has 0 saturated carbocycles. The minimum absolute atomic E-state index is 0.397. The van der Waals surface area contributed by atoms with Crippen LogP contribution in [0.2, 0.25) is 0 Å². The molecule has 2 rings (SSSR count). The second-order valence-electron chi connectivity index (χ2n) is 4.64. The molecule has 4 nitrogen and oxygen atoms in total. The third kappa shape index (κ3) is 4.26. The molecule has 0 aliphatic rings. The van der Waals surface area contributed by atoms with Crippen LogP contribution in [0.1, 0.15) is 18.9 Å². The highest BCUT2D eigenvalue weighted by atomic mass is 15.2. The molecule has 0 fully saturated rings. The van der Waals surface area contributed by atoms with Crippen LogP contribution in [0.15, 0.2) is 48.7 Å². The fraction of sp³-hybridized carbons (Fsp3) is 0.267. The van der Waals surface area contributed by atoms with Crippen molar-refractivity contribution in [1.29, 1.82) is 0 Å². The zero-order valence-corrected chi connectivity index (χ0v) is 11.1. The van der Waals surface area contributed by atoms with Crippen molar-refractivity contribution in [2.45, 2.75) is 25.8 Å². The Morgan fingerprint density at radius 2 is 2.00 bits per heavy atom. The van der Waals surface area contributed by atoms with Gasteiger partial charge in [-0.15, -0.1) is 0 Å². The van der Waals surface area contributed by atoms with E-state index in [1.165, 1.54) is 5.56 Å². The molecule has 0 aliphatic carbocycles. The van der Waals surface area contributed by atoms with Crippen LogP contribution in [0, 0.1) is 0 Å². The normalized spacial score (nSPS) is 11.9. The van der Waals surface area contributed by atoms with E-state index >= 15 is 0 Å². The number of hydrogen-bond acceptors (Lipinski definition) is 4. The Hall–Kier alpha value is -2.07. The highest BCUT2D eigenvalue weighted by Crippen LogP contribution is 2.14. The largest absolute Gasteiger partial charge is 0.382 e. The number of nitrogen functional groups attached to an aromatic ring is 1. The molecule has 100 valence electrons. The smallest absolute Gasteiger partial charge is 0.141 e. The molecule has 0 amide bonds. The Bertz CT molecular complexity index is 499. The Morgan fingerprint density at radius 3 is 2.74 bits per heavy atom. The van der Waals surface area contributed by atoms with Gasteiger partial charge in [-0.3, -0.25) is 0 Å². The van der Waals surface area contributed by atoms with E-state index in [9.17, 15) is 0 Å². The highest BCUT2D eigenvalue weighted by Gasteiger charge is 2.03. The predicted molar refractivity (Wildman–Crippen MR) is 79.9 cm³/mol. The number of pyridine rings is 1. The summed E-state index contributed by atoms with van der Waals surface area (Å²) in [5.41, 5.74) is 4.95. The van der Waals surface area contributed by atoms with E-state index in [4.69, 9.17) is 5.84 Å². The van der Waals surface area contributed by atoms with Crippen LogP contribution in [0.4, 0.5) is 11.5 Å². The van der Waals surface area contributed by atoms with Crippen molar-refractivity contribution in [3.05, 3.63) is 54.2 Å². The Balaban J connectivity index is 1.85. The zero-order chi connectivity index (χ0) is 13.5. The number of nitrogens with two attached hydrogens (primary N) is 1. The van der Waals surface area contributed by atoms with Gasteiger partial charge in [-0.05, 0) is 31.4 Å². The van der Waals surface area contributed by atoms with Crippen molar-refractivity contribution in [1.82, 2.24) is 4.98 Å². The van der Waals surface area contributed by atoms with Crippen LogP contribution < -0.4 is 16.6 Å². The third-order valence-electron chi connectivity index (χ3n) is 3.03. The quantitative estimate of drug-likeness (QED) is 0.549. The molecular weight excluding hydrogens is 236 g/mol. The first-order valence-electron chi connectivity index (χ1n) is 6.51. The number of nitrogens with one attached hydrogen (secondary N) is 2. The van der Waals surface area contributed by atoms with Gasteiger partial charge in [0.2, 0.25) is 0 Å². The molecule has 0 aliphatic heterocycles. The number of rotatable bonds is 6. The average molecular weight is 256 g/mol. The maximum absolute atomic E-state index is 5.34. The van der Waals surface area contributed by atoms with Crippen LogP contribution in [0.25, 0.3) is 0 Å². The van der Waals surface area contributed by atoms with E-state index in [1.54, 1.807) is 6.20 Å². The summed E-state index contributed by atoms with van der Waals surface area (Å²) in [6.45, 7) is 2.18. The molecule has 19 heavy (non-hydrogen) atoms. The molecule has 1 atom stereocenters. The fourth-order valence-electron chi connectivity index (χ4n) is 1.98. The summed E-state index contributed by atoms with van der Waals surface area (Å²) in [5, 5.41) is 3.45. The number of aromatic nitrogens is 1. The van der Waals surface area contributed by atoms with Gasteiger partial charge < -0.3 is 10.7 Å². The van der Waals surface area contributed by atoms with Gasteiger partial charge in [-0.2, -0.15) is 0 Å². The lowest BCUT2D eigenvalue weighted by Gasteiger charge is -2.15. The van der Waals surface area contributed by atoms with Crippen LogP contribution in [0.3, 0.4) is 0 Å². The molecule has 1 unspecified atom stereocenters. The standard InChI is InChI=1S/C15H20N4/c1-12(7-8-13-5-3-2-4-6-13)18-14-9-10-17-15(11-14)19-16/h2-6,9-12H,7-8,16H2,1H3,(H2,17,18,19). The molecule has 0 radical (unpaired) electrons. The van der Waals surface area contributed by atoms with E-state index in [0.717, 1.165) is 18.5 Å². The lowest BCUT2D eigenvalue weighted by molar-refractivity contribution is 0.706. The van der Waals surface area contributed by atoms with Gasteiger partial charge in [0.25, 0.3) is 0 Å². The predicted octanol–water partition coefficient (Wildman–Crippen LogP) is 2.80. The monoisotopic (exact) mass is 256 g/mol. The van der Waals surface area contributed by atoms with Crippen LogP contribution in [-0.4, -0.2) is 11.0 Å². The molecule has 1 heterocycles. The van der Waals surface area contributed by atoms with Gasteiger partial charge in [0.15, 0.2) is 0 Å². The molecule has 4 heteroatoms. The molecule has 2 aromatic rings. The van der Waals surface area contributed by atoms with Gasteiger partial charge >= 0.3 is 0 Å². The van der Waals surface area contributed by atoms with Crippen molar-refractivity contribution < 1.29 is 0 Å². The van der Waals surface area contributed by atoms with Gasteiger partial charge in [-0.25, -0.2) is 10.8 Å². The molecule has 0 bridgehead atoms. The van der Waals surface area contributed by atoms with Gasteiger partial charge in [-0.1, -0.05) is 30.3 Å².